The summed E-state index contributed by atoms with van der Waals surface area (Å²) in [6.07, 6.45) is 0. The van der Waals surface area contributed by atoms with Crippen LogP contribution in [0.3, 0.4) is 0 Å². The fourth-order valence-corrected chi connectivity index (χ4v) is 3.29. The lowest BCUT2D eigenvalue weighted by Gasteiger charge is -2.27. The first-order chi connectivity index (χ1) is 9.25. The van der Waals surface area contributed by atoms with E-state index < -0.39 is 5.82 Å². The average Bonchev–Trinajstić information content (AvgIpc) is 2.33. The van der Waals surface area contributed by atoms with Gasteiger partial charge >= 0.3 is 0 Å². The lowest BCUT2D eigenvalue weighted by molar-refractivity contribution is 0.268. The van der Waals surface area contributed by atoms with Crippen LogP contribution in [0, 0.1) is 23.6 Å². The molecule has 0 radical (unpaired) electrons. The standard InChI is InChI=1S/C16H24Cl2FN/c1-9(2)12(10(3)4)8-20-11(5)15-13(17)6-7-14(19)16(15)18/h6-7,9-12,20H,8H2,1-5H3. The Bertz CT molecular complexity index is 438. The van der Waals surface area contributed by atoms with Crippen molar-refractivity contribution in [3.63, 3.8) is 0 Å². The van der Waals surface area contributed by atoms with Gasteiger partial charge in [0.2, 0.25) is 0 Å². The van der Waals surface area contributed by atoms with Gasteiger partial charge in [0, 0.05) is 16.6 Å². The number of rotatable bonds is 6. The van der Waals surface area contributed by atoms with Crippen LogP contribution >= 0.6 is 23.2 Å². The summed E-state index contributed by atoms with van der Waals surface area (Å²) in [6, 6.07) is 2.77. The van der Waals surface area contributed by atoms with Crippen LogP contribution in [0.25, 0.3) is 0 Å². The van der Waals surface area contributed by atoms with Gasteiger partial charge in [-0.3, -0.25) is 0 Å². The highest BCUT2D eigenvalue weighted by molar-refractivity contribution is 6.36. The van der Waals surface area contributed by atoms with E-state index >= 15 is 0 Å². The Balaban J connectivity index is 2.82. The highest BCUT2D eigenvalue weighted by Gasteiger charge is 2.21. The third kappa shape index (κ3) is 4.34. The molecule has 1 N–H and O–H groups in total. The van der Waals surface area contributed by atoms with Crippen molar-refractivity contribution in [2.24, 2.45) is 17.8 Å². The largest absolute Gasteiger partial charge is 0.310 e. The van der Waals surface area contributed by atoms with Crippen LogP contribution in [-0.4, -0.2) is 6.54 Å². The molecule has 0 fully saturated rings. The van der Waals surface area contributed by atoms with E-state index in [1.165, 1.54) is 6.07 Å². The molecule has 0 aromatic heterocycles. The summed E-state index contributed by atoms with van der Waals surface area (Å²) in [7, 11) is 0. The van der Waals surface area contributed by atoms with E-state index in [2.05, 4.69) is 33.0 Å². The molecule has 1 aromatic carbocycles. The third-order valence-electron chi connectivity index (χ3n) is 3.88. The molecule has 1 aromatic rings. The first kappa shape index (κ1) is 17.7. The first-order valence-corrected chi connectivity index (χ1v) is 7.88. The number of hydrogen-bond acceptors (Lipinski definition) is 1. The van der Waals surface area contributed by atoms with Crippen LogP contribution in [-0.2, 0) is 0 Å². The molecule has 0 bridgehead atoms. The van der Waals surface area contributed by atoms with Gasteiger partial charge in [0.25, 0.3) is 0 Å². The summed E-state index contributed by atoms with van der Waals surface area (Å²) in [5, 5.41) is 4.05. The van der Waals surface area contributed by atoms with Gasteiger partial charge in [0.05, 0.1) is 5.02 Å². The molecule has 0 aliphatic rings. The fourth-order valence-electron chi connectivity index (χ4n) is 2.60. The molecule has 1 atom stereocenters. The van der Waals surface area contributed by atoms with Crippen LogP contribution < -0.4 is 5.32 Å². The van der Waals surface area contributed by atoms with Crippen molar-refractivity contribution in [3.8, 4) is 0 Å². The number of nitrogens with one attached hydrogen (secondary N) is 1. The molecule has 1 nitrogen and oxygen atoms in total. The number of hydrogen-bond donors (Lipinski definition) is 1. The summed E-state index contributed by atoms with van der Waals surface area (Å²) in [5.74, 6) is 1.31. The summed E-state index contributed by atoms with van der Waals surface area (Å²) >= 11 is 12.2. The lowest BCUT2D eigenvalue weighted by Crippen LogP contribution is -2.31. The minimum Gasteiger partial charge on any atom is -0.310 e. The molecule has 20 heavy (non-hydrogen) atoms. The molecule has 0 saturated heterocycles. The Labute approximate surface area is 131 Å². The fraction of sp³-hybridized carbons (Fsp3) is 0.625. The second-order valence-corrected chi connectivity index (χ2v) is 6.82. The smallest absolute Gasteiger partial charge is 0.142 e. The van der Waals surface area contributed by atoms with E-state index in [9.17, 15) is 4.39 Å². The van der Waals surface area contributed by atoms with Crippen LogP contribution in [0.1, 0.15) is 46.2 Å². The summed E-state index contributed by atoms with van der Waals surface area (Å²) in [4.78, 5) is 0. The molecule has 0 aliphatic carbocycles. The van der Waals surface area contributed by atoms with Crippen LogP contribution in [0.15, 0.2) is 12.1 Å². The molecule has 1 rings (SSSR count). The summed E-state index contributed by atoms with van der Waals surface area (Å²) < 4.78 is 13.6. The van der Waals surface area contributed by atoms with Crippen molar-refractivity contribution in [3.05, 3.63) is 33.6 Å². The highest BCUT2D eigenvalue weighted by atomic mass is 35.5. The highest BCUT2D eigenvalue weighted by Crippen LogP contribution is 2.32. The number of halogens is 3. The minimum atomic E-state index is -0.427. The molecular weight excluding hydrogens is 296 g/mol. The summed E-state index contributed by atoms with van der Waals surface area (Å²) in [6.45, 7) is 11.7. The second kappa shape index (κ2) is 7.63. The SMILES string of the molecule is CC(NCC(C(C)C)C(C)C)c1c(Cl)ccc(F)c1Cl. The first-order valence-electron chi connectivity index (χ1n) is 7.12. The third-order valence-corrected chi connectivity index (χ3v) is 4.60. The van der Waals surface area contributed by atoms with E-state index in [4.69, 9.17) is 23.2 Å². The van der Waals surface area contributed by atoms with Gasteiger partial charge in [-0.15, -0.1) is 0 Å². The molecule has 0 spiro atoms. The van der Waals surface area contributed by atoms with Gasteiger partial charge in [0.15, 0.2) is 0 Å². The van der Waals surface area contributed by atoms with E-state index in [-0.39, 0.29) is 11.1 Å². The zero-order chi connectivity index (χ0) is 15.4. The molecule has 0 saturated carbocycles. The maximum Gasteiger partial charge on any atom is 0.142 e. The molecule has 114 valence electrons. The Morgan fingerprint density at radius 2 is 1.60 bits per heavy atom. The Morgan fingerprint density at radius 1 is 1.05 bits per heavy atom. The molecular formula is C16H24Cl2FN. The Morgan fingerprint density at radius 3 is 2.10 bits per heavy atom. The van der Waals surface area contributed by atoms with E-state index in [1.807, 2.05) is 6.92 Å². The van der Waals surface area contributed by atoms with Gasteiger partial charge in [0.1, 0.15) is 5.82 Å². The summed E-state index contributed by atoms with van der Waals surface area (Å²) in [5.41, 5.74) is 0.639. The van der Waals surface area contributed by atoms with Gasteiger partial charge in [-0.1, -0.05) is 50.9 Å². The van der Waals surface area contributed by atoms with E-state index in [0.717, 1.165) is 6.54 Å². The van der Waals surface area contributed by atoms with Crippen molar-refractivity contribution in [2.75, 3.05) is 6.54 Å². The molecule has 0 heterocycles. The lowest BCUT2D eigenvalue weighted by atomic mass is 9.85. The van der Waals surface area contributed by atoms with Gasteiger partial charge in [-0.2, -0.15) is 0 Å². The minimum absolute atomic E-state index is 0.0781. The number of benzene rings is 1. The van der Waals surface area contributed by atoms with Crippen molar-refractivity contribution in [1.82, 2.24) is 5.32 Å². The van der Waals surface area contributed by atoms with Crippen molar-refractivity contribution >= 4 is 23.2 Å². The van der Waals surface area contributed by atoms with Crippen LogP contribution in [0.2, 0.25) is 10.0 Å². The quantitative estimate of drug-likeness (QED) is 0.662. The topological polar surface area (TPSA) is 12.0 Å². The zero-order valence-electron chi connectivity index (χ0n) is 12.8. The van der Waals surface area contributed by atoms with Crippen LogP contribution in [0.5, 0.6) is 0 Å². The molecule has 4 heteroatoms. The predicted molar refractivity (Wildman–Crippen MR) is 86.0 cm³/mol. The predicted octanol–water partition coefficient (Wildman–Crippen LogP) is 5.71. The Hall–Kier alpha value is -0.310. The maximum atomic E-state index is 13.6. The van der Waals surface area contributed by atoms with Crippen molar-refractivity contribution in [2.45, 2.75) is 40.7 Å². The van der Waals surface area contributed by atoms with E-state index in [0.29, 0.717) is 28.3 Å². The normalized spacial score (nSPS) is 13.6. The molecule has 0 amide bonds. The van der Waals surface area contributed by atoms with Gasteiger partial charge < -0.3 is 5.32 Å². The van der Waals surface area contributed by atoms with E-state index in [1.54, 1.807) is 6.07 Å². The molecule has 0 aliphatic heterocycles. The van der Waals surface area contributed by atoms with Crippen molar-refractivity contribution < 1.29 is 4.39 Å². The van der Waals surface area contributed by atoms with Crippen LogP contribution in [0.4, 0.5) is 4.39 Å². The molecule has 1 unspecified atom stereocenters. The maximum absolute atomic E-state index is 13.6. The average molecular weight is 320 g/mol. The second-order valence-electron chi connectivity index (χ2n) is 6.04. The Kier molecular flexibility index (Phi) is 6.77. The zero-order valence-corrected chi connectivity index (χ0v) is 14.3. The van der Waals surface area contributed by atoms with Gasteiger partial charge in [-0.25, -0.2) is 4.39 Å². The monoisotopic (exact) mass is 319 g/mol. The van der Waals surface area contributed by atoms with Gasteiger partial charge in [-0.05, 0) is 43.4 Å². The van der Waals surface area contributed by atoms with Crippen molar-refractivity contribution in [1.29, 1.82) is 0 Å².